The molecule has 4 aromatic rings. The zero-order valence-electron chi connectivity index (χ0n) is 23.1. The number of nitrogens with zero attached hydrogens (tertiary/aromatic N) is 1. The lowest BCUT2D eigenvalue weighted by Gasteiger charge is -2.30. The summed E-state index contributed by atoms with van der Waals surface area (Å²) < 4.78 is 27.0. The standard InChI is InChI=1S/C34H29Br2NO6/c35-25-16-26(36)29-27(17-25)37(33(39)30(29)38)34-32(42-20-24-14-8-3-9-15-24)31(41-19-23-12-6-2-7-13-23)28(43-34)21-40-18-22-10-4-1-5-11-22/h1-17,28,31-32,34H,18-21H2/t28-,31-,32-,34-/m1/s1. The average Bonchev–Trinajstić information content (AvgIpc) is 3.48. The van der Waals surface area contributed by atoms with Crippen molar-refractivity contribution in [1.82, 2.24) is 0 Å². The van der Waals surface area contributed by atoms with Crippen LogP contribution in [0.5, 0.6) is 0 Å². The lowest BCUT2D eigenvalue weighted by Crippen LogP contribution is -2.48. The number of rotatable bonds is 11. The van der Waals surface area contributed by atoms with Crippen LogP contribution in [-0.4, -0.2) is 42.8 Å². The molecule has 9 heteroatoms. The Bertz CT molecular complexity index is 1570. The number of carbonyl (C=O) groups is 2. The molecule has 2 aliphatic heterocycles. The van der Waals surface area contributed by atoms with Gasteiger partial charge in [-0.3, -0.25) is 14.5 Å². The van der Waals surface area contributed by atoms with Gasteiger partial charge in [-0.05, 0) is 44.8 Å². The van der Waals surface area contributed by atoms with Gasteiger partial charge in [-0.1, -0.05) is 107 Å². The summed E-state index contributed by atoms with van der Waals surface area (Å²) in [5, 5.41) is 0. The Morgan fingerprint density at radius 1 is 0.698 bits per heavy atom. The van der Waals surface area contributed by atoms with Gasteiger partial charge in [0.1, 0.15) is 18.3 Å². The predicted molar refractivity (Wildman–Crippen MR) is 168 cm³/mol. The van der Waals surface area contributed by atoms with Crippen LogP contribution in [0.2, 0.25) is 0 Å². The van der Waals surface area contributed by atoms with E-state index >= 15 is 0 Å². The summed E-state index contributed by atoms with van der Waals surface area (Å²) in [5.41, 5.74) is 3.72. The maximum atomic E-state index is 13.6. The second kappa shape index (κ2) is 13.6. The van der Waals surface area contributed by atoms with E-state index in [0.29, 0.717) is 33.4 Å². The molecule has 1 amide bonds. The monoisotopic (exact) mass is 705 g/mol. The van der Waals surface area contributed by atoms with Gasteiger partial charge < -0.3 is 18.9 Å². The zero-order chi connectivity index (χ0) is 29.8. The highest BCUT2D eigenvalue weighted by Crippen LogP contribution is 2.42. The van der Waals surface area contributed by atoms with Crippen LogP contribution in [0, 0.1) is 0 Å². The molecule has 0 saturated carbocycles. The van der Waals surface area contributed by atoms with Crippen molar-refractivity contribution >= 4 is 49.2 Å². The summed E-state index contributed by atoms with van der Waals surface area (Å²) in [7, 11) is 0. The molecule has 1 fully saturated rings. The van der Waals surface area contributed by atoms with E-state index < -0.39 is 36.2 Å². The number of ether oxygens (including phenoxy) is 4. The Labute approximate surface area is 267 Å². The highest BCUT2D eigenvalue weighted by atomic mass is 79.9. The molecule has 0 N–H and O–H groups in total. The number of carbonyl (C=O) groups excluding carboxylic acids is 2. The minimum Gasteiger partial charge on any atom is -0.374 e. The van der Waals surface area contributed by atoms with E-state index in [-0.39, 0.29) is 13.2 Å². The number of amides is 1. The van der Waals surface area contributed by atoms with Crippen LogP contribution < -0.4 is 4.90 Å². The maximum absolute atomic E-state index is 13.6. The molecule has 2 heterocycles. The Balaban J connectivity index is 1.33. The molecule has 0 radical (unpaired) electrons. The number of Topliss-reactive ketones (excluding diaryl/α,β-unsaturated/α-hetero) is 1. The van der Waals surface area contributed by atoms with Crippen LogP contribution in [-0.2, 0) is 43.6 Å². The third-order valence-corrected chi connectivity index (χ3v) is 8.52. The number of anilines is 1. The van der Waals surface area contributed by atoms with Gasteiger partial charge in [0, 0.05) is 8.95 Å². The molecule has 220 valence electrons. The summed E-state index contributed by atoms with van der Waals surface area (Å²) in [4.78, 5) is 28.2. The van der Waals surface area contributed by atoms with Gasteiger partial charge in [-0.15, -0.1) is 0 Å². The minimum atomic E-state index is -0.936. The number of benzene rings is 4. The number of hydrogen-bond acceptors (Lipinski definition) is 6. The molecule has 0 aliphatic carbocycles. The molecular formula is C34H29Br2NO6. The fourth-order valence-electron chi connectivity index (χ4n) is 5.38. The van der Waals surface area contributed by atoms with Gasteiger partial charge in [0.25, 0.3) is 5.78 Å². The fourth-order valence-corrected chi connectivity index (χ4v) is 6.77. The molecular weight excluding hydrogens is 678 g/mol. The molecule has 0 aromatic heterocycles. The van der Waals surface area contributed by atoms with E-state index in [1.807, 2.05) is 91.0 Å². The highest BCUT2D eigenvalue weighted by molar-refractivity contribution is 9.11. The Morgan fingerprint density at radius 3 is 1.81 bits per heavy atom. The van der Waals surface area contributed by atoms with E-state index in [1.54, 1.807) is 12.1 Å². The third-order valence-electron chi connectivity index (χ3n) is 7.44. The van der Waals surface area contributed by atoms with Crippen molar-refractivity contribution < 1.29 is 28.5 Å². The second-order valence-corrected chi connectivity index (χ2v) is 12.1. The van der Waals surface area contributed by atoms with E-state index in [2.05, 4.69) is 31.9 Å². The molecule has 43 heavy (non-hydrogen) atoms. The van der Waals surface area contributed by atoms with Crippen molar-refractivity contribution in [3.63, 3.8) is 0 Å². The topological polar surface area (TPSA) is 74.3 Å². The second-order valence-electron chi connectivity index (χ2n) is 10.4. The molecule has 0 unspecified atom stereocenters. The minimum absolute atomic E-state index is 0.195. The molecule has 6 rings (SSSR count). The van der Waals surface area contributed by atoms with E-state index in [0.717, 1.165) is 16.7 Å². The van der Waals surface area contributed by atoms with Gasteiger partial charge in [-0.25, -0.2) is 0 Å². The normalized spacial score (nSPS) is 21.4. The molecule has 2 aliphatic rings. The number of fused-ring (bicyclic) bond motifs is 1. The Morgan fingerprint density at radius 2 is 1.23 bits per heavy atom. The van der Waals surface area contributed by atoms with Crippen molar-refractivity contribution in [3.8, 4) is 0 Å². The third kappa shape index (κ3) is 6.67. The highest BCUT2D eigenvalue weighted by Gasteiger charge is 2.54. The summed E-state index contributed by atoms with van der Waals surface area (Å²) >= 11 is 6.97. The number of hydrogen-bond donors (Lipinski definition) is 0. The van der Waals surface area contributed by atoms with Gasteiger partial charge >= 0.3 is 5.91 Å². The number of ketones is 1. The molecule has 7 nitrogen and oxygen atoms in total. The van der Waals surface area contributed by atoms with Crippen LogP contribution in [0.25, 0.3) is 0 Å². The van der Waals surface area contributed by atoms with Crippen LogP contribution in [0.4, 0.5) is 5.69 Å². The van der Waals surface area contributed by atoms with Crippen LogP contribution in [0.1, 0.15) is 27.0 Å². The molecule has 4 atom stereocenters. The molecule has 1 saturated heterocycles. The molecule has 0 bridgehead atoms. The lowest BCUT2D eigenvalue weighted by molar-refractivity contribution is -0.119. The van der Waals surface area contributed by atoms with Crippen LogP contribution in [0.15, 0.2) is 112 Å². The lowest BCUT2D eigenvalue weighted by atomic mass is 10.1. The Hall–Kier alpha value is -3.18. The van der Waals surface area contributed by atoms with Crippen LogP contribution >= 0.6 is 31.9 Å². The number of halogens is 2. The summed E-state index contributed by atoms with van der Waals surface area (Å²) in [5.74, 6) is -1.29. The van der Waals surface area contributed by atoms with Crippen molar-refractivity contribution in [2.45, 2.75) is 44.4 Å². The van der Waals surface area contributed by atoms with Crippen molar-refractivity contribution in [2.24, 2.45) is 0 Å². The molecule has 4 aromatic carbocycles. The van der Waals surface area contributed by atoms with Gasteiger partial charge in [0.15, 0.2) is 6.23 Å². The SMILES string of the molecule is O=C1C(=O)N([C@@H]2O[C@H](COCc3ccccc3)[C@@H](OCc3ccccc3)[C@H]2OCc2ccccc2)c2cc(Br)cc(Br)c21. The van der Waals surface area contributed by atoms with E-state index in [1.165, 1.54) is 4.90 Å². The first-order chi connectivity index (χ1) is 21.0. The molecule has 0 spiro atoms. The van der Waals surface area contributed by atoms with Crippen molar-refractivity contribution in [2.75, 3.05) is 11.5 Å². The summed E-state index contributed by atoms with van der Waals surface area (Å²) in [6.07, 6.45) is -2.85. The Kier molecular flexibility index (Phi) is 9.47. The zero-order valence-corrected chi connectivity index (χ0v) is 26.3. The summed E-state index contributed by atoms with van der Waals surface area (Å²) in [6.45, 7) is 1.15. The first kappa shape index (κ1) is 29.9. The van der Waals surface area contributed by atoms with E-state index in [4.69, 9.17) is 18.9 Å². The quantitative estimate of drug-likeness (QED) is 0.159. The fraction of sp³-hybridized carbons (Fsp3) is 0.235. The van der Waals surface area contributed by atoms with Gasteiger partial charge in [-0.2, -0.15) is 0 Å². The maximum Gasteiger partial charge on any atom is 0.301 e. The largest absolute Gasteiger partial charge is 0.374 e. The average molecular weight is 707 g/mol. The van der Waals surface area contributed by atoms with Crippen molar-refractivity contribution in [1.29, 1.82) is 0 Å². The van der Waals surface area contributed by atoms with Gasteiger partial charge in [0.05, 0.1) is 37.7 Å². The van der Waals surface area contributed by atoms with Crippen LogP contribution in [0.3, 0.4) is 0 Å². The first-order valence-electron chi connectivity index (χ1n) is 13.9. The van der Waals surface area contributed by atoms with Gasteiger partial charge in [0.2, 0.25) is 0 Å². The van der Waals surface area contributed by atoms with Crippen molar-refractivity contribution in [3.05, 3.63) is 134 Å². The first-order valence-corrected chi connectivity index (χ1v) is 15.5. The predicted octanol–water partition coefficient (Wildman–Crippen LogP) is 6.85. The van der Waals surface area contributed by atoms with E-state index in [9.17, 15) is 9.59 Å². The summed E-state index contributed by atoms with van der Waals surface area (Å²) in [6, 6.07) is 33.0. The smallest absolute Gasteiger partial charge is 0.301 e.